The highest BCUT2D eigenvalue weighted by molar-refractivity contribution is 4.73. The first-order chi connectivity index (χ1) is 8.86. The first kappa shape index (κ1) is 15.8. The van der Waals surface area contributed by atoms with Gasteiger partial charge in [-0.3, -0.25) is 0 Å². The van der Waals surface area contributed by atoms with Crippen molar-refractivity contribution in [2.24, 2.45) is 5.92 Å². The third kappa shape index (κ3) is 7.20. The van der Waals surface area contributed by atoms with Crippen LogP contribution in [0.1, 0.15) is 77.6 Å². The third-order valence-corrected chi connectivity index (χ3v) is 4.35. The summed E-state index contributed by atoms with van der Waals surface area (Å²) in [5, 5.41) is 3.68. The Bertz CT molecular complexity index is 194. The van der Waals surface area contributed by atoms with Gasteiger partial charge in [0.25, 0.3) is 0 Å². The van der Waals surface area contributed by atoms with Crippen molar-refractivity contribution < 1.29 is 0 Å². The van der Waals surface area contributed by atoms with Gasteiger partial charge in [0.05, 0.1) is 0 Å². The average molecular weight is 251 g/mol. The van der Waals surface area contributed by atoms with Crippen LogP contribution in [0.3, 0.4) is 0 Å². The van der Waals surface area contributed by atoms with Crippen molar-refractivity contribution >= 4 is 0 Å². The monoisotopic (exact) mass is 251 g/mol. The van der Waals surface area contributed by atoms with Crippen molar-refractivity contribution in [2.45, 2.75) is 83.6 Å². The smallest absolute Gasteiger partial charge is 0.00670 e. The summed E-state index contributed by atoms with van der Waals surface area (Å²) in [6.07, 6.45) is 17.5. The van der Waals surface area contributed by atoms with Crippen molar-refractivity contribution in [2.75, 3.05) is 6.54 Å². The molecule has 1 saturated carbocycles. The minimum absolute atomic E-state index is 0.777. The van der Waals surface area contributed by atoms with Crippen molar-refractivity contribution in [1.82, 2.24) is 5.32 Å². The van der Waals surface area contributed by atoms with E-state index < -0.39 is 0 Å². The van der Waals surface area contributed by atoms with Gasteiger partial charge in [0.15, 0.2) is 0 Å². The topological polar surface area (TPSA) is 12.0 Å². The number of hydrogen-bond acceptors (Lipinski definition) is 1. The molecule has 1 nitrogen and oxygen atoms in total. The van der Waals surface area contributed by atoms with Crippen LogP contribution in [-0.4, -0.2) is 12.6 Å². The van der Waals surface area contributed by atoms with Crippen LogP contribution in [0.15, 0.2) is 12.7 Å². The van der Waals surface area contributed by atoms with E-state index >= 15 is 0 Å². The number of nitrogens with one attached hydrogen (secondary N) is 1. The van der Waals surface area contributed by atoms with Crippen LogP contribution in [0.25, 0.3) is 0 Å². The highest BCUT2D eigenvalue weighted by atomic mass is 14.9. The van der Waals surface area contributed by atoms with E-state index in [1.165, 1.54) is 70.6 Å². The molecule has 1 aliphatic carbocycles. The van der Waals surface area contributed by atoms with Gasteiger partial charge in [0, 0.05) is 6.04 Å². The fourth-order valence-corrected chi connectivity index (χ4v) is 3.23. The maximum atomic E-state index is 3.78. The zero-order valence-electron chi connectivity index (χ0n) is 12.4. The Hall–Kier alpha value is -0.300. The van der Waals surface area contributed by atoms with E-state index in [2.05, 4.69) is 18.8 Å². The molecular weight excluding hydrogens is 218 g/mol. The minimum Gasteiger partial charge on any atom is -0.314 e. The molecule has 0 bridgehead atoms. The quantitative estimate of drug-likeness (QED) is 0.399. The number of unbranched alkanes of at least 4 members (excludes halogenated alkanes) is 3. The predicted molar refractivity (Wildman–Crippen MR) is 81.9 cm³/mol. The van der Waals surface area contributed by atoms with Crippen molar-refractivity contribution in [3.8, 4) is 0 Å². The normalized spacial score (nSPS) is 18.1. The Morgan fingerprint density at radius 1 is 1.17 bits per heavy atom. The molecule has 1 aliphatic rings. The van der Waals surface area contributed by atoms with Gasteiger partial charge >= 0.3 is 0 Å². The summed E-state index contributed by atoms with van der Waals surface area (Å²) in [5.74, 6) is 1.05. The Balaban J connectivity index is 2.07. The molecule has 1 unspecified atom stereocenters. The van der Waals surface area contributed by atoms with Crippen LogP contribution in [0, 0.1) is 5.92 Å². The molecule has 0 heterocycles. The van der Waals surface area contributed by atoms with Gasteiger partial charge in [0.1, 0.15) is 0 Å². The predicted octanol–water partition coefficient (Wildman–Crippen LogP) is 5.07. The largest absolute Gasteiger partial charge is 0.314 e. The number of rotatable bonds is 11. The second-order valence-corrected chi connectivity index (χ2v) is 5.91. The molecule has 0 amide bonds. The van der Waals surface area contributed by atoms with Gasteiger partial charge in [0.2, 0.25) is 0 Å². The second kappa shape index (κ2) is 10.6. The molecule has 0 aromatic rings. The lowest BCUT2D eigenvalue weighted by Gasteiger charge is -2.19. The van der Waals surface area contributed by atoms with Crippen molar-refractivity contribution in [1.29, 1.82) is 0 Å². The summed E-state index contributed by atoms with van der Waals surface area (Å²) in [6, 6.07) is 0.777. The summed E-state index contributed by atoms with van der Waals surface area (Å²) in [4.78, 5) is 0. The van der Waals surface area contributed by atoms with Gasteiger partial charge in [-0.15, -0.1) is 6.58 Å². The summed E-state index contributed by atoms with van der Waals surface area (Å²) < 4.78 is 0. The van der Waals surface area contributed by atoms with E-state index in [0.717, 1.165) is 18.5 Å². The second-order valence-electron chi connectivity index (χ2n) is 5.91. The molecular formula is C17H33N. The molecule has 1 heteroatoms. The van der Waals surface area contributed by atoms with E-state index in [-0.39, 0.29) is 0 Å². The number of allylic oxidation sites excluding steroid dienone is 1. The summed E-state index contributed by atoms with van der Waals surface area (Å²) in [7, 11) is 0. The maximum absolute atomic E-state index is 3.78. The molecule has 1 fully saturated rings. The molecule has 1 atom stereocenters. The number of hydrogen-bond donors (Lipinski definition) is 1. The standard InChI is InChI=1S/C17H33N/c1-3-5-6-7-8-13-17(18-4-2)15-14-16-11-9-10-12-16/h3,16-18H,1,4-15H2,2H3. The summed E-state index contributed by atoms with van der Waals surface area (Å²) in [5.41, 5.74) is 0. The zero-order valence-corrected chi connectivity index (χ0v) is 12.4. The molecule has 18 heavy (non-hydrogen) atoms. The Morgan fingerprint density at radius 2 is 1.94 bits per heavy atom. The van der Waals surface area contributed by atoms with E-state index in [1.807, 2.05) is 6.08 Å². The van der Waals surface area contributed by atoms with Crippen LogP contribution < -0.4 is 5.32 Å². The van der Waals surface area contributed by atoms with E-state index in [1.54, 1.807) is 0 Å². The molecule has 1 rings (SSSR count). The Labute approximate surface area is 114 Å². The molecule has 0 aliphatic heterocycles. The first-order valence-corrected chi connectivity index (χ1v) is 8.21. The Morgan fingerprint density at radius 3 is 2.61 bits per heavy atom. The summed E-state index contributed by atoms with van der Waals surface area (Å²) in [6.45, 7) is 7.15. The molecule has 0 aromatic carbocycles. The van der Waals surface area contributed by atoms with Gasteiger partial charge < -0.3 is 5.32 Å². The van der Waals surface area contributed by atoms with Crippen LogP contribution >= 0.6 is 0 Å². The first-order valence-electron chi connectivity index (χ1n) is 8.21. The van der Waals surface area contributed by atoms with Gasteiger partial charge in [-0.25, -0.2) is 0 Å². The molecule has 0 saturated heterocycles. The summed E-state index contributed by atoms with van der Waals surface area (Å²) >= 11 is 0. The van der Waals surface area contributed by atoms with E-state index in [9.17, 15) is 0 Å². The van der Waals surface area contributed by atoms with Crippen LogP contribution in [0.4, 0.5) is 0 Å². The van der Waals surface area contributed by atoms with Gasteiger partial charge in [-0.05, 0) is 44.6 Å². The highest BCUT2D eigenvalue weighted by Gasteiger charge is 2.16. The van der Waals surface area contributed by atoms with Gasteiger partial charge in [-0.1, -0.05) is 51.5 Å². The van der Waals surface area contributed by atoms with Crippen molar-refractivity contribution in [3.63, 3.8) is 0 Å². The lowest BCUT2D eigenvalue weighted by Crippen LogP contribution is -2.29. The SMILES string of the molecule is C=CCCCCCC(CCC1CCCC1)NCC. The van der Waals surface area contributed by atoms with Crippen LogP contribution in [0.5, 0.6) is 0 Å². The fraction of sp³-hybridized carbons (Fsp3) is 0.882. The zero-order chi connectivity index (χ0) is 13.1. The minimum atomic E-state index is 0.777. The lowest BCUT2D eigenvalue weighted by atomic mass is 9.95. The maximum Gasteiger partial charge on any atom is 0.00670 e. The van der Waals surface area contributed by atoms with E-state index in [4.69, 9.17) is 0 Å². The molecule has 1 N–H and O–H groups in total. The molecule has 0 radical (unpaired) electrons. The molecule has 106 valence electrons. The van der Waals surface area contributed by atoms with Crippen LogP contribution in [-0.2, 0) is 0 Å². The lowest BCUT2D eigenvalue weighted by molar-refractivity contribution is 0.385. The van der Waals surface area contributed by atoms with Crippen molar-refractivity contribution in [3.05, 3.63) is 12.7 Å². The van der Waals surface area contributed by atoms with Gasteiger partial charge in [-0.2, -0.15) is 0 Å². The molecule has 0 spiro atoms. The Kier molecular flexibility index (Phi) is 9.28. The fourth-order valence-electron chi connectivity index (χ4n) is 3.23. The molecule has 0 aromatic heterocycles. The average Bonchev–Trinajstić information content (AvgIpc) is 2.88. The highest BCUT2D eigenvalue weighted by Crippen LogP contribution is 2.29. The van der Waals surface area contributed by atoms with E-state index in [0.29, 0.717) is 0 Å². The van der Waals surface area contributed by atoms with Crippen LogP contribution in [0.2, 0.25) is 0 Å². The third-order valence-electron chi connectivity index (χ3n) is 4.35.